The SMILES string of the molecule is CCOC1C=C(F)C(C=O)=CC1[N+](=O)[O-]. The highest BCUT2D eigenvalue weighted by molar-refractivity contribution is 5.79. The van der Waals surface area contributed by atoms with Gasteiger partial charge in [-0.3, -0.25) is 14.9 Å². The van der Waals surface area contributed by atoms with E-state index >= 15 is 0 Å². The number of halogens is 1. The Kier molecular flexibility index (Phi) is 3.68. The molecule has 2 atom stereocenters. The molecule has 0 aromatic heterocycles. The highest BCUT2D eigenvalue weighted by atomic mass is 19.1. The third-order valence-electron chi connectivity index (χ3n) is 2.00. The topological polar surface area (TPSA) is 69.4 Å². The number of carbonyl (C=O) groups excluding carboxylic acids is 1. The molecular weight excluding hydrogens is 205 g/mol. The van der Waals surface area contributed by atoms with Crippen molar-refractivity contribution < 1.29 is 18.8 Å². The first-order valence-corrected chi connectivity index (χ1v) is 4.40. The summed E-state index contributed by atoms with van der Waals surface area (Å²) in [5.41, 5.74) is -0.298. The molecule has 0 aromatic carbocycles. The molecule has 0 aliphatic heterocycles. The van der Waals surface area contributed by atoms with Crippen molar-refractivity contribution in [1.29, 1.82) is 0 Å². The fourth-order valence-electron chi connectivity index (χ4n) is 1.31. The van der Waals surface area contributed by atoms with Gasteiger partial charge in [-0.05, 0) is 13.0 Å². The summed E-state index contributed by atoms with van der Waals surface area (Å²) in [6, 6.07) is -1.20. The smallest absolute Gasteiger partial charge is 0.261 e. The van der Waals surface area contributed by atoms with Crippen molar-refractivity contribution in [3.8, 4) is 0 Å². The summed E-state index contributed by atoms with van der Waals surface area (Å²) in [6.07, 6.45) is 1.24. The first kappa shape index (κ1) is 11.5. The van der Waals surface area contributed by atoms with Crippen LogP contribution in [-0.4, -0.2) is 30.0 Å². The number of hydrogen-bond donors (Lipinski definition) is 0. The molecule has 0 spiro atoms. The number of ether oxygens (including phenoxy) is 1. The van der Waals surface area contributed by atoms with E-state index in [-0.39, 0.29) is 18.5 Å². The summed E-state index contributed by atoms with van der Waals surface area (Å²) in [5, 5.41) is 10.6. The van der Waals surface area contributed by atoms with Gasteiger partial charge in [-0.15, -0.1) is 0 Å². The van der Waals surface area contributed by atoms with Crippen molar-refractivity contribution >= 4 is 6.29 Å². The number of allylic oxidation sites excluding steroid dienone is 2. The molecule has 0 amide bonds. The molecule has 0 N–H and O–H groups in total. The molecule has 15 heavy (non-hydrogen) atoms. The monoisotopic (exact) mass is 215 g/mol. The predicted octanol–water partition coefficient (Wildman–Crippen LogP) is 1.03. The van der Waals surface area contributed by atoms with Gasteiger partial charge in [-0.1, -0.05) is 0 Å². The van der Waals surface area contributed by atoms with Gasteiger partial charge in [0.05, 0.1) is 5.57 Å². The molecule has 5 nitrogen and oxygen atoms in total. The molecule has 1 aliphatic carbocycles. The van der Waals surface area contributed by atoms with Crippen LogP contribution in [-0.2, 0) is 9.53 Å². The third-order valence-corrected chi connectivity index (χ3v) is 2.00. The fraction of sp³-hybridized carbons (Fsp3) is 0.444. The van der Waals surface area contributed by atoms with Crippen LogP contribution < -0.4 is 0 Å². The Balaban J connectivity index is 2.96. The third kappa shape index (κ3) is 2.47. The van der Waals surface area contributed by atoms with Crippen LogP contribution in [0.2, 0.25) is 0 Å². The Labute approximate surface area is 85.4 Å². The van der Waals surface area contributed by atoms with Crippen LogP contribution in [0.5, 0.6) is 0 Å². The van der Waals surface area contributed by atoms with Crippen LogP contribution in [0.4, 0.5) is 4.39 Å². The van der Waals surface area contributed by atoms with Crippen LogP contribution in [0, 0.1) is 10.1 Å². The molecule has 0 saturated carbocycles. The minimum atomic E-state index is -1.20. The highest BCUT2D eigenvalue weighted by Gasteiger charge is 2.33. The summed E-state index contributed by atoms with van der Waals surface area (Å²) in [7, 11) is 0. The van der Waals surface area contributed by atoms with Gasteiger partial charge in [0.25, 0.3) is 6.04 Å². The maximum Gasteiger partial charge on any atom is 0.261 e. The lowest BCUT2D eigenvalue weighted by molar-refractivity contribution is -0.519. The van der Waals surface area contributed by atoms with Gasteiger partial charge in [0.1, 0.15) is 11.9 Å². The van der Waals surface area contributed by atoms with Gasteiger partial charge in [0, 0.05) is 17.6 Å². The van der Waals surface area contributed by atoms with Crippen LogP contribution in [0.25, 0.3) is 0 Å². The molecule has 0 aromatic rings. The van der Waals surface area contributed by atoms with Crippen molar-refractivity contribution in [3.63, 3.8) is 0 Å². The maximum atomic E-state index is 13.1. The van der Waals surface area contributed by atoms with Crippen LogP contribution in [0.1, 0.15) is 6.92 Å². The summed E-state index contributed by atoms with van der Waals surface area (Å²) < 4.78 is 18.1. The standard InChI is InChI=1S/C9H10FNO4/c1-2-15-9-4-7(10)6(5-12)3-8(9)11(13)14/h3-5,8-9H,2H2,1H3. The average molecular weight is 215 g/mol. The average Bonchev–Trinajstić information content (AvgIpc) is 2.18. The minimum absolute atomic E-state index is 0.239. The molecule has 2 unspecified atom stereocenters. The van der Waals surface area contributed by atoms with Crippen LogP contribution >= 0.6 is 0 Å². The Hall–Kier alpha value is -1.56. The number of hydrogen-bond acceptors (Lipinski definition) is 4. The zero-order chi connectivity index (χ0) is 11.4. The second-order valence-electron chi connectivity index (χ2n) is 2.95. The molecule has 6 heteroatoms. The molecule has 0 heterocycles. The van der Waals surface area contributed by atoms with Crippen molar-refractivity contribution in [2.75, 3.05) is 6.61 Å². The van der Waals surface area contributed by atoms with E-state index in [1.807, 2.05) is 0 Å². The van der Waals surface area contributed by atoms with Gasteiger partial charge in [-0.2, -0.15) is 0 Å². The Bertz CT molecular complexity index is 337. The molecule has 0 saturated heterocycles. The van der Waals surface area contributed by atoms with Gasteiger partial charge >= 0.3 is 0 Å². The summed E-state index contributed by atoms with van der Waals surface area (Å²) in [4.78, 5) is 20.4. The van der Waals surface area contributed by atoms with Crippen molar-refractivity contribution in [3.05, 3.63) is 33.7 Å². The van der Waals surface area contributed by atoms with Gasteiger partial charge in [0.2, 0.25) is 0 Å². The maximum absolute atomic E-state index is 13.1. The molecule has 1 rings (SSSR count). The Morgan fingerprint density at radius 2 is 2.33 bits per heavy atom. The molecule has 82 valence electrons. The van der Waals surface area contributed by atoms with E-state index in [0.29, 0.717) is 0 Å². The lowest BCUT2D eigenvalue weighted by atomic mass is 10.0. The normalized spacial score (nSPS) is 25.5. The number of carbonyl (C=O) groups is 1. The number of nitrogens with zero attached hydrogens (tertiary/aromatic N) is 1. The summed E-state index contributed by atoms with van der Waals surface area (Å²) in [6.45, 7) is 1.89. The van der Waals surface area contributed by atoms with E-state index in [1.165, 1.54) is 0 Å². The highest BCUT2D eigenvalue weighted by Crippen LogP contribution is 2.22. The Morgan fingerprint density at radius 1 is 1.67 bits per heavy atom. The molecule has 1 aliphatic rings. The van der Waals surface area contributed by atoms with Crippen molar-refractivity contribution in [1.82, 2.24) is 0 Å². The summed E-state index contributed by atoms with van der Waals surface area (Å²) >= 11 is 0. The van der Waals surface area contributed by atoms with E-state index in [4.69, 9.17) is 4.74 Å². The lowest BCUT2D eigenvalue weighted by Gasteiger charge is -2.19. The number of rotatable bonds is 4. The first-order chi connectivity index (χ1) is 7.10. The van der Waals surface area contributed by atoms with E-state index in [9.17, 15) is 19.3 Å². The zero-order valence-corrected chi connectivity index (χ0v) is 8.05. The van der Waals surface area contributed by atoms with Gasteiger partial charge < -0.3 is 4.74 Å². The lowest BCUT2D eigenvalue weighted by Crippen LogP contribution is -2.35. The van der Waals surface area contributed by atoms with Gasteiger partial charge in [-0.25, -0.2) is 4.39 Å². The second kappa shape index (κ2) is 4.79. The number of nitro groups is 1. The second-order valence-corrected chi connectivity index (χ2v) is 2.95. The van der Waals surface area contributed by atoms with E-state index in [2.05, 4.69) is 0 Å². The number of aldehydes is 1. The summed E-state index contributed by atoms with van der Waals surface area (Å²) in [5.74, 6) is -0.776. The van der Waals surface area contributed by atoms with E-state index in [1.54, 1.807) is 6.92 Å². The molecule has 0 fully saturated rings. The fourth-order valence-corrected chi connectivity index (χ4v) is 1.31. The first-order valence-electron chi connectivity index (χ1n) is 4.40. The van der Waals surface area contributed by atoms with Crippen LogP contribution in [0.3, 0.4) is 0 Å². The Morgan fingerprint density at radius 3 is 2.80 bits per heavy atom. The van der Waals surface area contributed by atoms with Gasteiger partial charge in [0.15, 0.2) is 6.29 Å². The van der Waals surface area contributed by atoms with E-state index < -0.39 is 22.9 Å². The van der Waals surface area contributed by atoms with E-state index in [0.717, 1.165) is 12.2 Å². The van der Waals surface area contributed by atoms with Crippen molar-refractivity contribution in [2.24, 2.45) is 0 Å². The van der Waals surface area contributed by atoms with Crippen molar-refractivity contribution in [2.45, 2.75) is 19.1 Å². The minimum Gasteiger partial charge on any atom is -0.367 e. The molecular formula is C9H10FNO4. The predicted molar refractivity (Wildman–Crippen MR) is 49.5 cm³/mol. The quantitative estimate of drug-likeness (QED) is 0.399. The molecule has 0 radical (unpaired) electrons. The largest absolute Gasteiger partial charge is 0.367 e. The van der Waals surface area contributed by atoms with Crippen LogP contribution in [0.15, 0.2) is 23.6 Å². The zero-order valence-electron chi connectivity index (χ0n) is 8.05. The molecule has 0 bridgehead atoms.